The van der Waals surface area contributed by atoms with Crippen LogP contribution < -0.4 is 15.9 Å². The van der Waals surface area contributed by atoms with Gasteiger partial charge in [0, 0.05) is 48.9 Å². The first-order chi connectivity index (χ1) is 28.7. The fourth-order valence-corrected chi connectivity index (χ4v) is 12.5. The molecule has 1 spiro atoms. The van der Waals surface area contributed by atoms with Crippen LogP contribution in [0.1, 0.15) is 22.3 Å². The van der Waals surface area contributed by atoms with Crippen LogP contribution in [0.25, 0.3) is 61.4 Å². The molecule has 0 bridgehead atoms. The number of benzene rings is 8. The third-order valence-electron chi connectivity index (χ3n) is 12.3. The Bertz CT molecular complexity index is 3260. The number of rotatable bonds is 5. The van der Waals surface area contributed by atoms with Crippen LogP contribution in [0.15, 0.2) is 206 Å². The summed E-state index contributed by atoms with van der Waals surface area (Å²) < 4.78 is 17.9. The Morgan fingerprint density at radius 2 is 0.983 bits per heavy atom. The molecular formula is C53H34N3OP. The normalized spacial score (nSPS) is 15.0. The molecule has 2 aliphatic rings. The monoisotopic (exact) mass is 759 g/mol. The molecule has 10 aromatic rings. The number of hydrogen-bond acceptors (Lipinski definition) is 3. The highest BCUT2D eigenvalue weighted by Gasteiger charge is 2.53. The Hall–Kier alpha value is -7.13. The van der Waals surface area contributed by atoms with Gasteiger partial charge in [0.25, 0.3) is 0 Å². The minimum Gasteiger partial charge on any atom is -0.309 e. The second kappa shape index (κ2) is 12.4. The van der Waals surface area contributed by atoms with Crippen LogP contribution in [0.5, 0.6) is 0 Å². The molecule has 0 saturated carbocycles. The van der Waals surface area contributed by atoms with E-state index in [0.717, 1.165) is 55.2 Å². The summed E-state index contributed by atoms with van der Waals surface area (Å²) >= 11 is 0. The van der Waals surface area contributed by atoms with Crippen molar-refractivity contribution >= 4 is 44.9 Å². The summed E-state index contributed by atoms with van der Waals surface area (Å²) in [5.74, 6) is 0.668. The topological polar surface area (TPSA) is 47.8 Å². The van der Waals surface area contributed by atoms with E-state index in [1.165, 1.54) is 38.5 Å². The van der Waals surface area contributed by atoms with Crippen molar-refractivity contribution in [1.82, 2.24) is 14.5 Å². The van der Waals surface area contributed by atoms with E-state index in [1.54, 1.807) is 0 Å². The van der Waals surface area contributed by atoms with Crippen LogP contribution in [0.4, 0.5) is 0 Å². The summed E-state index contributed by atoms with van der Waals surface area (Å²) in [6.07, 6.45) is 0. The van der Waals surface area contributed by atoms with E-state index in [0.29, 0.717) is 5.82 Å². The van der Waals surface area contributed by atoms with E-state index >= 15 is 4.57 Å². The molecule has 0 saturated heterocycles. The molecule has 3 heterocycles. The molecular weight excluding hydrogens is 726 g/mol. The molecule has 0 N–H and O–H groups in total. The maximum atomic E-state index is 15.5. The number of aromatic nitrogens is 3. The van der Waals surface area contributed by atoms with Crippen molar-refractivity contribution in [1.29, 1.82) is 0 Å². The highest BCUT2D eigenvalue weighted by atomic mass is 31.2. The molecule has 2 aromatic heterocycles. The Morgan fingerprint density at radius 1 is 0.431 bits per heavy atom. The van der Waals surface area contributed by atoms with Gasteiger partial charge in [-0.15, -0.1) is 0 Å². The van der Waals surface area contributed by atoms with E-state index in [1.807, 2.05) is 78.9 Å². The third kappa shape index (κ3) is 4.38. The Kier molecular flexibility index (Phi) is 7.09. The first kappa shape index (κ1) is 33.1. The predicted octanol–water partition coefficient (Wildman–Crippen LogP) is 11.2. The SMILES string of the molecule is O=P(c1ccccc1)(c1ccccc1)c1ccc(-c2nc(-c3ccccc3)nc3c2C2(c4ccccc4-3)c3ccccc3-n3c4ccccc4c4cccc2c43)cc1. The van der Waals surface area contributed by atoms with Crippen LogP contribution in [0.3, 0.4) is 0 Å². The van der Waals surface area contributed by atoms with E-state index < -0.39 is 12.6 Å². The van der Waals surface area contributed by atoms with Crippen molar-refractivity contribution in [3.05, 3.63) is 229 Å². The van der Waals surface area contributed by atoms with Gasteiger partial charge in [-0.25, -0.2) is 9.97 Å². The predicted molar refractivity (Wildman–Crippen MR) is 237 cm³/mol. The Morgan fingerprint density at radius 3 is 1.72 bits per heavy atom. The third-order valence-corrected chi connectivity index (χ3v) is 15.4. The minimum atomic E-state index is -3.20. The summed E-state index contributed by atoms with van der Waals surface area (Å²) in [6.45, 7) is 0. The van der Waals surface area contributed by atoms with Crippen molar-refractivity contribution < 1.29 is 4.57 Å². The molecule has 272 valence electrons. The fraction of sp³-hybridized carbons (Fsp3) is 0.0189. The average Bonchev–Trinajstić information content (AvgIpc) is 3.80. The smallest absolute Gasteiger partial charge is 0.171 e. The van der Waals surface area contributed by atoms with Crippen molar-refractivity contribution in [3.63, 3.8) is 0 Å². The van der Waals surface area contributed by atoms with E-state index in [4.69, 9.17) is 9.97 Å². The van der Waals surface area contributed by atoms with E-state index in [9.17, 15) is 0 Å². The first-order valence-electron chi connectivity index (χ1n) is 19.7. The van der Waals surface area contributed by atoms with Crippen LogP contribution in [-0.2, 0) is 9.98 Å². The van der Waals surface area contributed by atoms with Gasteiger partial charge in [0.05, 0.1) is 33.5 Å². The molecule has 0 fully saturated rings. The van der Waals surface area contributed by atoms with Gasteiger partial charge in [-0.3, -0.25) is 0 Å². The summed E-state index contributed by atoms with van der Waals surface area (Å²) in [7, 11) is -3.20. The molecule has 5 heteroatoms. The molecule has 12 rings (SSSR count). The second-order valence-corrected chi connectivity index (χ2v) is 17.9. The Balaban J connectivity index is 1.19. The summed E-state index contributed by atoms with van der Waals surface area (Å²) in [6, 6.07) is 71.5. The average molecular weight is 760 g/mol. The van der Waals surface area contributed by atoms with Crippen LogP contribution in [0, 0.1) is 0 Å². The highest BCUT2D eigenvalue weighted by molar-refractivity contribution is 7.85. The zero-order valence-electron chi connectivity index (χ0n) is 31.3. The molecule has 8 aromatic carbocycles. The molecule has 58 heavy (non-hydrogen) atoms. The number of para-hydroxylation sites is 3. The van der Waals surface area contributed by atoms with Crippen LogP contribution in [0.2, 0.25) is 0 Å². The first-order valence-corrected chi connectivity index (χ1v) is 21.4. The lowest BCUT2D eigenvalue weighted by molar-refractivity contribution is 0.592. The summed E-state index contributed by atoms with van der Waals surface area (Å²) in [5.41, 5.74) is 12.2. The van der Waals surface area contributed by atoms with Crippen LogP contribution >= 0.6 is 7.14 Å². The summed E-state index contributed by atoms with van der Waals surface area (Å²) in [4.78, 5) is 11.1. The van der Waals surface area contributed by atoms with Gasteiger partial charge in [-0.05, 0) is 28.8 Å². The lowest BCUT2D eigenvalue weighted by Gasteiger charge is -2.40. The van der Waals surface area contributed by atoms with Crippen molar-refractivity contribution in [2.45, 2.75) is 5.41 Å². The quantitative estimate of drug-likeness (QED) is 0.164. The largest absolute Gasteiger partial charge is 0.309 e. The minimum absolute atomic E-state index is 0.668. The van der Waals surface area contributed by atoms with Gasteiger partial charge in [-0.1, -0.05) is 194 Å². The molecule has 1 atom stereocenters. The van der Waals surface area contributed by atoms with Gasteiger partial charge < -0.3 is 9.13 Å². The van der Waals surface area contributed by atoms with E-state index in [2.05, 4.69) is 132 Å². The van der Waals surface area contributed by atoms with Crippen molar-refractivity contribution in [2.75, 3.05) is 0 Å². The van der Waals surface area contributed by atoms with Gasteiger partial charge >= 0.3 is 0 Å². The number of hydrogen-bond donors (Lipinski definition) is 0. The van der Waals surface area contributed by atoms with Crippen molar-refractivity contribution in [3.8, 4) is 39.6 Å². The van der Waals surface area contributed by atoms with Crippen LogP contribution in [-0.4, -0.2) is 14.5 Å². The van der Waals surface area contributed by atoms with Crippen molar-refractivity contribution in [2.24, 2.45) is 0 Å². The number of fused-ring (bicyclic) bond motifs is 12. The lowest BCUT2D eigenvalue weighted by Crippen LogP contribution is -2.34. The summed E-state index contributed by atoms with van der Waals surface area (Å²) in [5, 5.41) is 4.83. The Labute approximate surface area is 336 Å². The highest BCUT2D eigenvalue weighted by Crippen LogP contribution is 2.62. The molecule has 1 aliphatic carbocycles. The lowest BCUT2D eigenvalue weighted by atomic mass is 9.64. The molecule has 4 nitrogen and oxygen atoms in total. The maximum Gasteiger partial charge on any atom is 0.171 e. The molecule has 1 aliphatic heterocycles. The van der Waals surface area contributed by atoms with Gasteiger partial charge in [0.15, 0.2) is 13.0 Å². The van der Waals surface area contributed by atoms with Gasteiger partial charge in [0.2, 0.25) is 0 Å². The fourth-order valence-electron chi connectivity index (χ4n) is 9.90. The second-order valence-electron chi connectivity index (χ2n) is 15.2. The maximum absolute atomic E-state index is 15.5. The standard InChI is InChI=1S/C53H34N3OP/c57-58(37-19-6-2-7-20-37,38-21-8-3-9-22-38)39-33-31-35(32-34-39)49-48-50(55-52(54-49)36-17-4-1-5-18-36)42-24-10-12-26-43(42)53(48)44-27-13-15-30-47(44)56-46-29-14-11-23-40(46)41-25-16-28-45(53)51(41)56/h1-34H. The zero-order valence-corrected chi connectivity index (χ0v) is 32.2. The molecule has 0 amide bonds. The van der Waals surface area contributed by atoms with E-state index in [-0.39, 0.29) is 0 Å². The number of nitrogens with zero attached hydrogens (tertiary/aromatic N) is 3. The zero-order chi connectivity index (χ0) is 38.4. The van der Waals surface area contributed by atoms with Gasteiger partial charge in [-0.2, -0.15) is 0 Å². The molecule has 0 radical (unpaired) electrons. The van der Waals surface area contributed by atoms with Gasteiger partial charge in [0.1, 0.15) is 0 Å². The molecule has 1 unspecified atom stereocenters.